The van der Waals surface area contributed by atoms with E-state index in [0.717, 1.165) is 35.7 Å². The number of aromatic nitrogens is 2. The van der Waals surface area contributed by atoms with Crippen molar-refractivity contribution in [3.05, 3.63) is 16.8 Å². The summed E-state index contributed by atoms with van der Waals surface area (Å²) in [7, 11) is 0. The Morgan fingerprint density at radius 1 is 1.41 bits per heavy atom. The van der Waals surface area contributed by atoms with Gasteiger partial charge in [0.1, 0.15) is 4.99 Å². The van der Waals surface area contributed by atoms with E-state index in [1.807, 2.05) is 13.8 Å². The summed E-state index contributed by atoms with van der Waals surface area (Å²) in [6.45, 7) is 8.19. The van der Waals surface area contributed by atoms with E-state index >= 15 is 0 Å². The predicted octanol–water partition coefficient (Wildman–Crippen LogP) is 1.57. The number of anilines is 1. The van der Waals surface area contributed by atoms with E-state index in [1.165, 1.54) is 6.42 Å². The number of nitrogens with zero attached hydrogens (tertiary/aromatic N) is 3. The van der Waals surface area contributed by atoms with Gasteiger partial charge in [-0.25, -0.2) is 0 Å². The molecule has 1 aliphatic rings. The van der Waals surface area contributed by atoms with Gasteiger partial charge in [-0.15, -0.1) is 5.10 Å². The van der Waals surface area contributed by atoms with Crippen molar-refractivity contribution in [2.45, 2.75) is 27.2 Å². The average molecular weight is 250 g/mol. The van der Waals surface area contributed by atoms with Gasteiger partial charge < -0.3 is 10.6 Å². The Balaban J connectivity index is 2.47. The van der Waals surface area contributed by atoms with Crippen LogP contribution in [0.1, 0.15) is 30.2 Å². The summed E-state index contributed by atoms with van der Waals surface area (Å²) in [5.41, 5.74) is 8.65. The quantitative estimate of drug-likeness (QED) is 0.808. The third-order valence-corrected chi connectivity index (χ3v) is 3.61. The summed E-state index contributed by atoms with van der Waals surface area (Å²) in [5, 5.41) is 8.47. The number of aryl methyl sites for hydroxylation is 1. The molecule has 1 saturated heterocycles. The molecule has 0 radical (unpaired) electrons. The molecule has 1 unspecified atom stereocenters. The van der Waals surface area contributed by atoms with Gasteiger partial charge in [0.2, 0.25) is 0 Å². The van der Waals surface area contributed by atoms with Crippen molar-refractivity contribution in [2.75, 3.05) is 18.0 Å². The molecule has 0 aromatic carbocycles. The van der Waals surface area contributed by atoms with Crippen LogP contribution >= 0.6 is 12.2 Å². The highest BCUT2D eigenvalue weighted by Gasteiger charge is 2.24. The first kappa shape index (κ1) is 12.2. The third-order valence-electron chi connectivity index (χ3n) is 3.41. The van der Waals surface area contributed by atoms with Crippen LogP contribution in [0.5, 0.6) is 0 Å². The Morgan fingerprint density at radius 3 is 2.65 bits per heavy atom. The first-order chi connectivity index (χ1) is 8.00. The van der Waals surface area contributed by atoms with Crippen LogP contribution in [0.4, 0.5) is 5.82 Å². The van der Waals surface area contributed by atoms with E-state index in [2.05, 4.69) is 22.0 Å². The van der Waals surface area contributed by atoms with Crippen LogP contribution in [0.25, 0.3) is 0 Å². The van der Waals surface area contributed by atoms with Crippen molar-refractivity contribution < 1.29 is 0 Å². The van der Waals surface area contributed by atoms with Crippen molar-refractivity contribution >= 4 is 23.0 Å². The molecule has 4 nitrogen and oxygen atoms in total. The Bertz CT molecular complexity index is 458. The molecule has 1 aromatic heterocycles. The minimum Gasteiger partial charge on any atom is -0.389 e. The van der Waals surface area contributed by atoms with Crippen molar-refractivity contribution in [3.63, 3.8) is 0 Å². The molecule has 1 atom stereocenters. The van der Waals surface area contributed by atoms with E-state index in [-0.39, 0.29) is 0 Å². The minimum absolute atomic E-state index is 0.412. The molecule has 0 bridgehead atoms. The van der Waals surface area contributed by atoms with Crippen LogP contribution in [-0.2, 0) is 0 Å². The number of thiocarbonyl (C=S) groups is 1. The second kappa shape index (κ2) is 4.56. The number of nitrogens with two attached hydrogens (primary N) is 1. The number of hydrogen-bond acceptors (Lipinski definition) is 4. The lowest BCUT2D eigenvalue weighted by Gasteiger charge is -2.21. The highest BCUT2D eigenvalue weighted by atomic mass is 32.1. The maximum atomic E-state index is 5.82. The fourth-order valence-corrected chi connectivity index (χ4v) is 2.48. The van der Waals surface area contributed by atoms with Gasteiger partial charge in [-0.1, -0.05) is 19.1 Å². The fourth-order valence-electron chi connectivity index (χ4n) is 2.24. The third kappa shape index (κ3) is 2.24. The van der Waals surface area contributed by atoms with Gasteiger partial charge in [0, 0.05) is 13.1 Å². The first-order valence-corrected chi connectivity index (χ1v) is 6.30. The van der Waals surface area contributed by atoms with Crippen LogP contribution in [-0.4, -0.2) is 28.3 Å². The number of hydrogen-bond donors (Lipinski definition) is 1. The molecular weight excluding hydrogens is 232 g/mol. The Kier molecular flexibility index (Phi) is 3.28. The molecule has 2 heterocycles. The monoisotopic (exact) mass is 250 g/mol. The summed E-state index contributed by atoms with van der Waals surface area (Å²) < 4.78 is 0. The van der Waals surface area contributed by atoms with Gasteiger partial charge >= 0.3 is 0 Å². The molecule has 0 amide bonds. The molecule has 2 rings (SSSR count). The predicted molar refractivity (Wildman–Crippen MR) is 73.4 cm³/mol. The molecule has 2 N–H and O–H groups in total. The van der Waals surface area contributed by atoms with E-state index in [1.54, 1.807) is 0 Å². The Hall–Kier alpha value is -1.23. The summed E-state index contributed by atoms with van der Waals surface area (Å²) in [4.78, 5) is 2.65. The van der Waals surface area contributed by atoms with Gasteiger partial charge in [0.05, 0.1) is 11.3 Å². The van der Waals surface area contributed by atoms with Crippen molar-refractivity contribution in [1.82, 2.24) is 10.2 Å². The molecule has 17 heavy (non-hydrogen) atoms. The molecule has 5 heteroatoms. The summed E-state index contributed by atoms with van der Waals surface area (Å²) in [5.74, 6) is 1.54. The van der Waals surface area contributed by atoms with Gasteiger partial charge in [-0.3, -0.25) is 0 Å². The smallest absolute Gasteiger partial charge is 0.161 e. The average Bonchev–Trinajstić information content (AvgIpc) is 2.68. The van der Waals surface area contributed by atoms with E-state index in [9.17, 15) is 0 Å². The molecule has 0 saturated carbocycles. The Morgan fingerprint density at radius 2 is 2.12 bits per heavy atom. The van der Waals surface area contributed by atoms with Crippen molar-refractivity contribution in [3.8, 4) is 0 Å². The topological polar surface area (TPSA) is 55.0 Å². The van der Waals surface area contributed by atoms with Gasteiger partial charge in [0.25, 0.3) is 0 Å². The van der Waals surface area contributed by atoms with Crippen molar-refractivity contribution in [2.24, 2.45) is 11.7 Å². The second-order valence-electron chi connectivity index (χ2n) is 4.81. The maximum absolute atomic E-state index is 5.82. The molecule has 92 valence electrons. The second-order valence-corrected chi connectivity index (χ2v) is 5.25. The molecular formula is C12H18N4S. The highest BCUT2D eigenvalue weighted by molar-refractivity contribution is 7.80. The van der Waals surface area contributed by atoms with Gasteiger partial charge in [-0.2, -0.15) is 5.10 Å². The largest absolute Gasteiger partial charge is 0.389 e. The van der Waals surface area contributed by atoms with Crippen LogP contribution < -0.4 is 10.6 Å². The normalized spacial score (nSPS) is 19.7. The van der Waals surface area contributed by atoms with Crippen LogP contribution in [0, 0.1) is 19.8 Å². The summed E-state index contributed by atoms with van der Waals surface area (Å²) in [6.07, 6.45) is 1.19. The summed E-state index contributed by atoms with van der Waals surface area (Å²) in [6, 6.07) is 0. The van der Waals surface area contributed by atoms with E-state index in [0.29, 0.717) is 10.9 Å². The van der Waals surface area contributed by atoms with Crippen LogP contribution in [0.15, 0.2) is 0 Å². The van der Waals surface area contributed by atoms with Gasteiger partial charge in [-0.05, 0) is 31.7 Å². The molecule has 1 fully saturated rings. The lowest BCUT2D eigenvalue weighted by atomic mass is 10.1. The molecule has 0 spiro atoms. The molecule has 0 aliphatic carbocycles. The zero-order valence-corrected chi connectivity index (χ0v) is 11.3. The SMILES string of the molecule is Cc1nnc(N2CCC(C)C2)c(C(N)=S)c1C. The maximum Gasteiger partial charge on any atom is 0.161 e. The zero-order chi connectivity index (χ0) is 12.6. The lowest BCUT2D eigenvalue weighted by molar-refractivity contribution is 0.658. The Labute approximate surface area is 107 Å². The molecule has 1 aromatic rings. The first-order valence-electron chi connectivity index (χ1n) is 5.89. The lowest BCUT2D eigenvalue weighted by Crippen LogP contribution is -2.26. The summed E-state index contributed by atoms with van der Waals surface area (Å²) >= 11 is 5.14. The number of rotatable bonds is 2. The minimum atomic E-state index is 0.412. The fraction of sp³-hybridized carbons (Fsp3) is 0.583. The van der Waals surface area contributed by atoms with Crippen LogP contribution in [0.2, 0.25) is 0 Å². The van der Waals surface area contributed by atoms with E-state index in [4.69, 9.17) is 18.0 Å². The highest BCUT2D eigenvalue weighted by Crippen LogP contribution is 2.27. The zero-order valence-electron chi connectivity index (χ0n) is 10.5. The molecule has 1 aliphatic heterocycles. The standard InChI is InChI=1S/C12H18N4S/c1-7-4-5-16(6-7)12-10(11(13)17)8(2)9(3)14-15-12/h7H,4-6H2,1-3H3,(H2,13,17). The van der Waals surface area contributed by atoms with Crippen LogP contribution in [0.3, 0.4) is 0 Å². The van der Waals surface area contributed by atoms with Crippen molar-refractivity contribution in [1.29, 1.82) is 0 Å². The van der Waals surface area contributed by atoms with Gasteiger partial charge in [0.15, 0.2) is 5.82 Å². The van der Waals surface area contributed by atoms with E-state index < -0.39 is 0 Å².